The highest BCUT2D eigenvalue weighted by molar-refractivity contribution is 6.01. The molecular weight excluding hydrogens is 206 g/mol. The Bertz CT molecular complexity index is 500. The second kappa shape index (κ2) is 4.39. The molecule has 0 saturated heterocycles. The zero-order chi connectivity index (χ0) is 11.4. The fourth-order valence-electron chi connectivity index (χ4n) is 1.19. The Kier molecular flexibility index (Phi) is 2.77. The lowest BCUT2D eigenvalue weighted by molar-refractivity contribution is 0.101. The molecule has 0 atom stereocenters. The summed E-state index contributed by atoms with van der Waals surface area (Å²) in [5, 5.41) is 11.8. The first-order valence-corrected chi connectivity index (χ1v) is 4.63. The van der Waals surface area contributed by atoms with E-state index < -0.39 is 5.91 Å². The fraction of sp³-hybridized carbons (Fsp3) is 0. The maximum absolute atomic E-state index is 11.6. The maximum Gasteiger partial charge on any atom is 0.293 e. The van der Waals surface area contributed by atoms with Crippen LogP contribution in [0.15, 0.2) is 42.7 Å². The van der Waals surface area contributed by atoms with Crippen molar-refractivity contribution >= 4 is 11.6 Å². The number of benzene rings is 1. The van der Waals surface area contributed by atoms with E-state index in [1.54, 1.807) is 18.2 Å². The Labute approximate surface area is 91.8 Å². The Hall–Kier alpha value is -2.43. The second-order valence-electron chi connectivity index (χ2n) is 3.08. The Morgan fingerprint density at radius 1 is 1.19 bits per heavy atom. The molecule has 0 aliphatic rings. The average Bonchev–Trinajstić information content (AvgIpc) is 2.30. The van der Waals surface area contributed by atoms with Gasteiger partial charge in [-0.05, 0) is 18.2 Å². The van der Waals surface area contributed by atoms with Gasteiger partial charge < -0.3 is 10.4 Å². The van der Waals surface area contributed by atoms with Crippen molar-refractivity contribution in [2.75, 3.05) is 5.32 Å². The molecule has 0 unspecified atom stereocenters. The SMILES string of the molecule is O=C(Nc1cccc(O)c1)c1ncccn1. The molecule has 0 spiro atoms. The lowest BCUT2D eigenvalue weighted by Gasteiger charge is -2.03. The molecule has 16 heavy (non-hydrogen) atoms. The van der Waals surface area contributed by atoms with E-state index in [2.05, 4.69) is 15.3 Å². The number of rotatable bonds is 2. The van der Waals surface area contributed by atoms with Crippen molar-refractivity contribution in [1.29, 1.82) is 0 Å². The number of phenolic OH excluding ortho intramolecular Hbond substituents is 1. The summed E-state index contributed by atoms with van der Waals surface area (Å²) in [6.07, 6.45) is 2.98. The highest BCUT2D eigenvalue weighted by Crippen LogP contribution is 2.15. The molecule has 5 nitrogen and oxygen atoms in total. The van der Waals surface area contributed by atoms with Gasteiger partial charge in [-0.1, -0.05) is 6.07 Å². The van der Waals surface area contributed by atoms with Crippen molar-refractivity contribution < 1.29 is 9.90 Å². The van der Waals surface area contributed by atoms with Crippen molar-refractivity contribution in [1.82, 2.24) is 9.97 Å². The molecule has 80 valence electrons. The summed E-state index contributed by atoms with van der Waals surface area (Å²) in [5.74, 6) is -0.233. The van der Waals surface area contributed by atoms with Crippen LogP contribution in [0.4, 0.5) is 5.69 Å². The standard InChI is InChI=1S/C11H9N3O2/c15-9-4-1-3-8(7-9)14-11(16)10-12-5-2-6-13-10/h1-7,15H,(H,14,16). The van der Waals surface area contributed by atoms with Crippen LogP contribution in [0, 0.1) is 0 Å². The minimum Gasteiger partial charge on any atom is -0.508 e. The molecular formula is C11H9N3O2. The van der Waals surface area contributed by atoms with E-state index in [0.717, 1.165) is 0 Å². The highest BCUT2D eigenvalue weighted by atomic mass is 16.3. The summed E-state index contributed by atoms with van der Waals surface area (Å²) in [6, 6.07) is 7.90. The third-order valence-electron chi connectivity index (χ3n) is 1.87. The maximum atomic E-state index is 11.6. The van der Waals surface area contributed by atoms with Crippen molar-refractivity contribution in [3.63, 3.8) is 0 Å². The largest absolute Gasteiger partial charge is 0.508 e. The van der Waals surface area contributed by atoms with Crippen LogP contribution in [0.1, 0.15) is 10.6 Å². The van der Waals surface area contributed by atoms with Crippen LogP contribution in [-0.4, -0.2) is 21.0 Å². The number of carbonyl (C=O) groups is 1. The Morgan fingerprint density at radius 3 is 2.62 bits per heavy atom. The zero-order valence-corrected chi connectivity index (χ0v) is 8.29. The van der Waals surface area contributed by atoms with E-state index in [9.17, 15) is 9.90 Å². The van der Waals surface area contributed by atoms with E-state index in [-0.39, 0.29) is 11.6 Å². The van der Waals surface area contributed by atoms with Gasteiger partial charge in [0.2, 0.25) is 5.82 Å². The Balaban J connectivity index is 2.14. The van der Waals surface area contributed by atoms with E-state index >= 15 is 0 Å². The smallest absolute Gasteiger partial charge is 0.293 e. The third-order valence-corrected chi connectivity index (χ3v) is 1.87. The van der Waals surface area contributed by atoms with Crippen LogP contribution in [0.25, 0.3) is 0 Å². The number of aromatic nitrogens is 2. The number of aromatic hydroxyl groups is 1. The first kappa shape index (κ1) is 10.1. The third kappa shape index (κ3) is 2.33. The van der Waals surface area contributed by atoms with Gasteiger partial charge in [-0.15, -0.1) is 0 Å². The van der Waals surface area contributed by atoms with Gasteiger partial charge in [0, 0.05) is 24.1 Å². The van der Waals surface area contributed by atoms with Gasteiger partial charge >= 0.3 is 0 Å². The predicted molar refractivity (Wildman–Crippen MR) is 58.1 cm³/mol. The Morgan fingerprint density at radius 2 is 1.94 bits per heavy atom. The average molecular weight is 215 g/mol. The first-order valence-electron chi connectivity index (χ1n) is 4.63. The van der Waals surface area contributed by atoms with Gasteiger partial charge in [0.05, 0.1) is 0 Å². The molecule has 0 aliphatic carbocycles. The molecule has 0 radical (unpaired) electrons. The van der Waals surface area contributed by atoms with Crippen LogP contribution in [-0.2, 0) is 0 Å². The molecule has 2 aromatic rings. The number of nitrogens with zero attached hydrogens (tertiary/aromatic N) is 2. The second-order valence-corrected chi connectivity index (χ2v) is 3.08. The monoisotopic (exact) mass is 215 g/mol. The number of phenols is 1. The van der Waals surface area contributed by atoms with Crippen molar-refractivity contribution in [3.8, 4) is 5.75 Å². The van der Waals surface area contributed by atoms with Gasteiger partial charge in [-0.3, -0.25) is 4.79 Å². The molecule has 2 N–H and O–H groups in total. The van der Waals surface area contributed by atoms with Gasteiger partial charge in [-0.2, -0.15) is 0 Å². The van der Waals surface area contributed by atoms with Crippen LogP contribution >= 0.6 is 0 Å². The van der Waals surface area contributed by atoms with Crippen LogP contribution in [0.2, 0.25) is 0 Å². The topological polar surface area (TPSA) is 75.1 Å². The summed E-state index contributed by atoms with van der Waals surface area (Å²) in [7, 11) is 0. The van der Waals surface area contributed by atoms with Crippen LogP contribution in [0.5, 0.6) is 5.75 Å². The molecule has 0 fully saturated rings. The first-order chi connectivity index (χ1) is 7.75. The van der Waals surface area contributed by atoms with Crippen molar-refractivity contribution in [2.24, 2.45) is 0 Å². The number of anilines is 1. The number of nitrogens with one attached hydrogen (secondary N) is 1. The van der Waals surface area contributed by atoms with Crippen molar-refractivity contribution in [2.45, 2.75) is 0 Å². The number of carbonyl (C=O) groups excluding carboxylic acids is 1. The van der Waals surface area contributed by atoms with E-state index in [1.807, 2.05) is 0 Å². The lowest BCUT2D eigenvalue weighted by Crippen LogP contribution is -2.14. The summed E-state index contributed by atoms with van der Waals surface area (Å²) in [4.78, 5) is 19.2. The van der Waals surface area contributed by atoms with Gasteiger partial charge in [-0.25, -0.2) is 9.97 Å². The molecule has 5 heteroatoms. The van der Waals surface area contributed by atoms with Gasteiger partial charge in [0.1, 0.15) is 5.75 Å². The van der Waals surface area contributed by atoms with Crippen LogP contribution < -0.4 is 5.32 Å². The minimum absolute atomic E-state index is 0.0887. The summed E-state index contributed by atoms with van der Waals surface area (Å²) >= 11 is 0. The normalized spacial score (nSPS) is 9.75. The molecule has 1 aromatic carbocycles. The molecule has 1 amide bonds. The summed E-state index contributed by atoms with van der Waals surface area (Å²) in [6.45, 7) is 0. The number of hydrogen-bond donors (Lipinski definition) is 2. The van der Waals surface area contributed by atoms with E-state index in [0.29, 0.717) is 5.69 Å². The molecule has 0 saturated carbocycles. The molecule has 2 rings (SSSR count). The molecule has 1 aromatic heterocycles. The number of amides is 1. The van der Waals surface area contributed by atoms with E-state index in [4.69, 9.17) is 0 Å². The van der Waals surface area contributed by atoms with E-state index in [1.165, 1.54) is 24.5 Å². The lowest BCUT2D eigenvalue weighted by atomic mass is 10.3. The molecule has 0 aliphatic heterocycles. The quantitative estimate of drug-likeness (QED) is 0.794. The van der Waals surface area contributed by atoms with Gasteiger partial charge in [0.25, 0.3) is 5.91 Å². The van der Waals surface area contributed by atoms with Crippen molar-refractivity contribution in [3.05, 3.63) is 48.5 Å². The summed E-state index contributed by atoms with van der Waals surface area (Å²) in [5.41, 5.74) is 0.498. The minimum atomic E-state index is -0.411. The van der Waals surface area contributed by atoms with Gasteiger partial charge in [0.15, 0.2) is 0 Å². The highest BCUT2D eigenvalue weighted by Gasteiger charge is 2.08. The predicted octanol–water partition coefficient (Wildman–Crippen LogP) is 1.43. The van der Waals surface area contributed by atoms with Crippen LogP contribution in [0.3, 0.4) is 0 Å². The number of hydrogen-bond acceptors (Lipinski definition) is 4. The zero-order valence-electron chi connectivity index (χ0n) is 8.29. The molecule has 0 bridgehead atoms. The molecule has 1 heterocycles. The fourth-order valence-corrected chi connectivity index (χ4v) is 1.19. The summed E-state index contributed by atoms with van der Waals surface area (Å²) < 4.78 is 0.